The van der Waals surface area contributed by atoms with Gasteiger partial charge in [-0.1, -0.05) is 12.8 Å². The standard InChI is InChI=1S/C14H23N3/c1-2-5-12(4-1)14(13-6-3-7-16-13)17-10-8-15-9-11-17/h3,6-7,12,14-16H,1-2,4-5,8-11H2/t14-/m0/s1. The summed E-state index contributed by atoms with van der Waals surface area (Å²) in [7, 11) is 0. The average Bonchev–Trinajstić information content (AvgIpc) is 3.04. The molecule has 3 heteroatoms. The van der Waals surface area contributed by atoms with Gasteiger partial charge < -0.3 is 10.3 Å². The van der Waals surface area contributed by atoms with Gasteiger partial charge in [0, 0.05) is 38.1 Å². The van der Waals surface area contributed by atoms with Crippen molar-refractivity contribution in [1.29, 1.82) is 0 Å². The Balaban J connectivity index is 1.79. The van der Waals surface area contributed by atoms with E-state index in [0.29, 0.717) is 6.04 Å². The summed E-state index contributed by atoms with van der Waals surface area (Å²) in [5.74, 6) is 0.867. The van der Waals surface area contributed by atoms with Gasteiger partial charge in [0.1, 0.15) is 0 Å². The van der Waals surface area contributed by atoms with Crippen LogP contribution in [0.3, 0.4) is 0 Å². The lowest BCUT2D eigenvalue weighted by Crippen LogP contribution is -2.46. The van der Waals surface area contributed by atoms with Gasteiger partial charge in [-0.3, -0.25) is 4.90 Å². The molecule has 1 aromatic heterocycles. The Morgan fingerprint density at radius 3 is 2.59 bits per heavy atom. The van der Waals surface area contributed by atoms with Crippen LogP contribution < -0.4 is 5.32 Å². The van der Waals surface area contributed by atoms with E-state index in [1.165, 1.54) is 44.5 Å². The first-order valence-electron chi connectivity index (χ1n) is 7.03. The molecule has 2 fully saturated rings. The zero-order valence-electron chi connectivity index (χ0n) is 10.5. The zero-order chi connectivity index (χ0) is 11.5. The van der Waals surface area contributed by atoms with Gasteiger partial charge in [0.2, 0.25) is 0 Å². The first-order chi connectivity index (χ1) is 8.45. The van der Waals surface area contributed by atoms with Crippen molar-refractivity contribution in [3.05, 3.63) is 24.0 Å². The molecule has 0 spiro atoms. The summed E-state index contributed by atoms with van der Waals surface area (Å²) in [5, 5.41) is 3.45. The predicted molar refractivity (Wildman–Crippen MR) is 69.9 cm³/mol. The van der Waals surface area contributed by atoms with Crippen LogP contribution in [0, 0.1) is 5.92 Å². The van der Waals surface area contributed by atoms with Crippen LogP contribution in [0.2, 0.25) is 0 Å². The highest BCUT2D eigenvalue weighted by atomic mass is 15.2. The highest BCUT2D eigenvalue weighted by Crippen LogP contribution is 2.38. The van der Waals surface area contributed by atoms with E-state index in [9.17, 15) is 0 Å². The van der Waals surface area contributed by atoms with E-state index in [0.717, 1.165) is 19.0 Å². The highest BCUT2D eigenvalue weighted by Gasteiger charge is 2.32. The van der Waals surface area contributed by atoms with Crippen molar-refractivity contribution in [2.75, 3.05) is 26.2 Å². The molecule has 17 heavy (non-hydrogen) atoms. The number of hydrogen-bond donors (Lipinski definition) is 2. The highest BCUT2D eigenvalue weighted by molar-refractivity contribution is 5.12. The second kappa shape index (κ2) is 5.23. The van der Waals surface area contributed by atoms with Crippen molar-refractivity contribution in [3.63, 3.8) is 0 Å². The minimum atomic E-state index is 0.634. The van der Waals surface area contributed by atoms with Crippen molar-refractivity contribution >= 4 is 0 Å². The second-order valence-corrected chi connectivity index (χ2v) is 5.40. The van der Waals surface area contributed by atoms with Gasteiger partial charge in [-0.15, -0.1) is 0 Å². The lowest BCUT2D eigenvalue weighted by atomic mass is 9.93. The van der Waals surface area contributed by atoms with Crippen LogP contribution in [0.15, 0.2) is 18.3 Å². The second-order valence-electron chi connectivity index (χ2n) is 5.40. The fraction of sp³-hybridized carbons (Fsp3) is 0.714. The molecule has 0 radical (unpaired) electrons. The van der Waals surface area contributed by atoms with Gasteiger partial charge in [0.05, 0.1) is 6.04 Å². The van der Waals surface area contributed by atoms with Crippen LogP contribution in [-0.4, -0.2) is 36.1 Å². The molecule has 1 saturated carbocycles. The van der Waals surface area contributed by atoms with Crippen LogP contribution in [0.1, 0.15) is 37.4 Å². The topological polar surface area (TPSA) is 31.1 Å². The van der Waals surface area contributed by atoms with Crippen LogP contribution >= 0.6 is 0 Å². The van der Waals surface area contributed by atoms with E-state index in [2.05, 4.69) is 33.5 Å². The van der Waals surface area contributed by atoms with Gasteiger partial charge in [-0.05, 0) is 30.9 Å². The molecule has 2 aliphatic rings. The van der Waals surface area contributed by atoms with Gasteiger partial charge in [0.25, 0.3) is 0 Å². The fourth-order valence-electron chi connectivity index (χ4n) is 3.51. The Morgan fingerprint density at radius 2 is 1.94 bits per heavy atom. The summed E-state index contributed by atoms with van der Waals surface area (Å²) < 4.78 is 0. The maximum absolute atomic E-state index is 3.45. The Hall–Kier alpha value is -0.800. The summed E-state index contributed by atoms with van der Waals surface area (Å²) in [4.78, 5) is 6.13. The van der Waals surface area contributed by atoms with E-state index in [-0.39, 0.29) is 0 Å². The molecule has 94 valence electrons. The number of aromatic nitrogens is 1. The molecule has 2 heterocycles. The van der Waals surface area contributed by atoms with E-state index in [1.54, 1.807) is 0 Å². The van der Waals surface area contributed by atoms with Crippen molar-refractivity contribution in [2.24, 2.45) is 5.92 Å². The lowest BCUT2D eigenvalue weighted by molar-refractivity contribution is 0.123. The Morgan fingerprint density at radius 1 is 1.18 bits per heavy atom. The lowest BCUT2D eigenvalue weighted by Gasteiger charge is -2.37. The number of nitrogens with one attached hydrogen (secondary N) is 2. The van der Waals surface area contributed by atoms with Gasteiger partial charge in [-0.25, -0.2) is 0 Å². The Bertz CT molecular complexity index is 321. The van der Waals surface area contributed by atoms with Crippen molar-refractivity contribution in [1.82, 2.24) is 15.2 Å². The van der Waals surface area contributed by atoms with E-state index in [1.807, 2.05) is 0 Å². The summed E-state index contributed by atoms with van der Waals surface area (Å²) >= 11 is 0. The zero-order valence-corrected chi connectivity index (χ0v) is 10.5. The van der Waals surface area contributed by atoms with Gasteiger partial charge >= 0.3 is 0 Å². The number of aromatic amines is 1. The minimum absolute atomic E-state index is 0.634. The quantitative estimate of drug-likeness (QED) is 0.838. The Labute approximate surface area is 104 Å². The molecule has 1 aliphatic heterocycles. The first kappa shape index (κ1) is 11.3. The number of H-pyrrole nitrogens is 1. The molecule has 2 N–H and O–H groups in total. The third kappa shape index (κ3) is 2.40. The smallest absolute Gasteiger partial charge is 0.0527 e. The number of piperazine rings is 1. The van der Waals surface area contributed by atoms with Crippen LogP contribution in [-0.2, 0) is 0 Å². The number of hydrogen-bond acceptors (Lipinski definition) is 2. The summed E-state index contributed by atoms with van der Waals surface area (Å²) in [6.45, 7) is 4.67. The molecule has 0 unspecified atom stereocenters. The maximum Gasteiger partial charge on any atom is 0.0527 e. The van der Waals surface area contributed by atoms with Gasteiger partial charge in [0.15, 0.2) is 0 Å². The molecule has 1 saturated heterocycles. The monoisotopic (exact) mass is 233 g/mol. The fourth-order valence-corrected chi connectivity index (χ4v) is 3.51. The van der Waals surface area contributed by atoms with Crippen LogP contribution in [0.4, 0.5) is 0 Å². The molecule has 0 amide bonds. The van der Waals surface area contributed by atoms with E-state index in [4.69, 9.17) is 0 Å². The summed E-state index contributed by atoms with van der Waals surface area (Å²) in [6, 6.07) is 5.04. The largest absolute Gasteiger partial charge is 0.364 e. The van der Waals surface area contributed by atoms with Gasteiger partial charge in [-0.2, -0.15) is 0 Å². The molecule has 0 aromatic carbocycles. The molecule has 3 rings (SSSR count). The third-order valence-electron chi connectivity index (χ3n) is 4.33. The molecule has 1 atom stereocenters. The summed E-state index contributed by atoms with van der Waals surface area (Å²) in [6.07, 6.45) is 7.74. The van der Waals surface area contributed by atoms with Crippen molar-refractivity contribution in [3.8, 4) is 0 Å². The van der Waals surface area contributed by atoms with Crippen molar-refractivity contribution < 1.29 is 0 Å². The predicted octanol–water partition coefficient (Wildman–Crippen LogP) is 2.15. The molecule has 0 bridgehead atoms. The molecule has 3 nitrogen and oxygen atoms in total. The van der Waals surface area contributed by atoms with Crippen LogP contribution in [0.5, 0.6) is 0 Å². The molecule has 1 aromatic rings. The normalized spacial score (nSPS) is 25.2. The van der Waals surface area contributed by atoms with E-state index >= 15 is 0 Å². The maximum atomic E-state index is 3.45. The average molecular weight is 233 g/mol. The number of rotatable bonds is 3. The van der Waals surface area contributed by atoms with E-state index < -0.39 is 0 Å². The van der Waals surface area contributed by atoms with Crippen molar-refractivity contribution in [2.45, 2.75) is 31.7 Å². The molecular weight excluding hydrogens is 210 g/mol. The third-order valence-corrected chi connectivity index (χ3v) is 4.33. The Kier molecular flexibility index (Phi) is 3.48. The number of nitrogens with zero attached hydrogens (tertiary/aromatic N) is 1. The summed E-state index contributed by atoms with van der Waals surface area (Å²) in [5.41, 5.74) is 1.43. The molecular formula is C14H23N3. The molecule has 1 aliphatic carbocycles. The first-order valence-corrected chi connectivity index (χ1v) is 7.03. The van der Waals surface area contributed by atoms with Crippen LogP contribution in [0.25, 0.3) is 0 Å². The SMILES string of the molecule is c1c[nH]c([C@H](C2CCCC2)N2CCNCC2)c1. The minimum Gasteiger partial charge on any atom is -0.364 e.